The maximum Gasteiger partial charge on any atom is 0.241 e. The average Bonchev–Trinajstić information content (AvgIpc) is 2.90. The minimum Gasteiger partial charge on any atom is -0.325 e. The van der Waals surface area contributed by atoms with Crippen LogP contribution in [0.2, 0.25) is 5.02 Å². The lowest BCUT2D eigenvalue weighted by molar-refractivity contribution is -0.120. The van der Waals surface area contributed by atoms with Crippen molar-refractivity contribution in [3.63, 3.8) is 0 Å². The molecule has 1 atom stereocenters. The molecule has 1 aromatic heterocycles. The molecule has 1 amide bonds. The Morgan fingerprint density at radius 3 is 2.85 bits per heavy atom. The summed E-state index contributed by atoms with van der Waals surface area (Å²) in [6.45, 7) is 2.66. The normalized spacial score (nSPS) is 12.4. The Hall–Kier alpha value is -1.36. The van der Waals surface area contributed by atoms with E-state index in [4.69, 9.17) is 11.6 Å². The SMILES string of the molecule is C[C@H](C(=O)Nc1cccc(Cl)c1)N(C)Cc1cccs1. The van der Waals surface area contributed by atoms with Crippen molar-refractivity contribution >= 4 is 34.5 Å². The Morgan fingerprint density at radius 2 is 2.20 bits per heavy atom. The number of amides is 1. The second-order valence-corrected chi connectivity index (χ2v) is 6.14. The number of carbonyl (C=O) groups is 1. The van der Waals surface area contributed by atoms with E-state index in [1.165, 1.54) is 4.88 Å². The predicted octanol–water partition coefficient (Wildman–Crippen LogP) is 3.86. The summed E-state index contributed by atoms with van der Waals surface area (Å²) in [5.41, 5.74) is 0.721. The number of benzene rings is 1. The number of carbonyl (C=O) groups excluding carboxylic acids is 1. The van der Waals surface area contributed by atoms with Crippen molar-refractivity contribution in [3.05, 3.63) is 51.7 Å². The zero-order chi connectivity index (χ0) is 14.5. The molecule has 1 N–H and O–H groups in total. The molecule has 2 rings (SSSR count). The van der Waals surface area contributed by atoms with Crippen LogP contribution in [0, 0.1) is 0 Å². The van der Waals surface area contributed by atoms with Gasteiger partial charge in [0.05, 0.1) is 6.04 Å². The average molecular weight is 309 g/mol. The van der Waals surface area contributed by atoms with Gasteiger partial charge >= 0.3 is 0 Å². The van der Waals surface area contributed by atoms with Gasteiger partial charge < -0.3 is 5.32 Å². The summed E-state index contributed by atoms with van der Waals surface area (Å²) in [7, 11) is 1.95. The molecule has 0 aliphatic rings. The molecule has 0 radical (unpaired) electrons. The second-order valence-electron chi connectivity index (χ2n) is 4.67. The quantitative estimate of drug-likeness (QED) is 0.909. The van der Waals surface area contributed by atoms with Crippen LogP contribution in [0.15, 0.2) is 41.8 Å². The summed E-state index contributed by atoms with van der Waals surface area (Å²) >= 11 is 7.60. The summed E-state index contributed by atoms with van der Waals surface area (Å²) in [5.74, 6) is -0.0358. The Balaban J connectivity index is 1.94. The van der Waals surface area contributed by atoms with Gasteiger partial charge in [-0.1, -0.05) is 23.7 Å². The lowest BCUT2D eigenvalue weighted by atomic mass is 10.2. The first-order chi connectivity index (χ1) is 9.56. The van der Waals surface area contributed by atoms with E-state index in [9.17, 15) is 4.79 Å². The van der Waals surface area contributed by atoms with Gasteiger partial charge in [0.2, 0.25) is 5.91 Å². The van der Waals surface area contributed by atoms with Gasteiger partial charge in [0.15, 0.2) is 0 Å². The Bertz CT molecular complexity index is 571. The first kappa shape index (κ1) is 15.0. The zero-order valence-electron chi connectivity index (χ0n) is 11.5. The monoisotopic (exact) mass is 308 g/mol. The van der Waals surface area contributed by atoms with E-state index in [-0.39, 0.29) is 11.9 Å². The third-order valence-corrected chi connectivity index (χ3v) is 4.21. The fourth-order valence-corrected chi connectivity index (χ4v) is 2.76. The minimum atomic E-state index is -0.212. The van der Waals surface area contributed by atoms with Gasteiger partial charge in [0, 0.05) is 22.1 Å². The maximum absolute atomic E-state index is 12.2. The number of rotatable bonds is 5. The third kappa shape index (κ3) is 4.07. The van der Waals surface area contributed by atoms with Crippen molar-refractivity contribution in [2.24, 2.45) is 0 Å². The summed E-state index contributed by atoms with van der Waals surface area (Å²) in [5, 5.41) is 5.54. The molecule has 0 fully saturated rings. The standard InChI is InChI=1S/C15H17ClN2OS/c1-11(18(2)10-14-7-4-8-20-14)15(19)17-13-6-3-5-12(16)9-13/h3-9,11H,10H2,1-2H3,(H,17,19)/t11-/m1/s1. The van der Waals surface area contributed by atoms with Crippen LogP contribution in [0.4, 0.5) is 5.69 Å². The molecule has 20 heavy (non-hydrogen) atoms. The molecule has 2 aromatic rings. The van der Waals surface area contributed by atoms with Gasteiger partial charge in [-0.2, -0.15) is 0 Å². The molecule has 0 aliphatic heterocycles. The number of halogens is 1. The van der Waals surface area contributed by atoms with Gasteiger partial charge in [-0.3, -0.25) is 9.69 Å². The molecule has 0 saturated carbocycles. The number of nitrogens with zero attached hydrogens (tertiary/aromatic N) is 1. The summed E-state index contributed by atoms with van der Waals surface area (Å²) in [6, 6.07) is 11.0. The van der Waals surface area contributed by atoms with Crippen molar-refractivity contribution in [2.45, 2.75) is 19.5 Å². The molecular weight excluding hydrogens is 292 g/mol. The fourth-order valence-electron chi connectivity index (χ4n) is 1.80. The van der Waals surface area contributed by atoms with Gasteiger partial charge in [-0.15, -0.1) is 11.3 Å². The lowest BCUT2D eigenvalue weighted by Gasteiger charge is -2.23. The maximum atomic E-state index is 12.2. The van der Waals surface area contributed by atoms with Crippen molar-refractivity contribution in [2.75, 3.05) is 12.4 Å². The van der Waals surface area contributed by atoms with Crippen LogP contribution in [0.25, 0.3) is 0 Å². The van der Waals surface area contributed by atoms with Gasteiger partial charge in [0.1, 0.15) is 0 Å². The number of anilines is 1. The number of hydrogen-bond acceptors (Lipinski definition) is 3. The van der Waals surface area contributed by atoms with Gasteiger partial charge in [-0.25, -0.2) is 0 Å². The van der Waals surface area contributed by atoms with E-state index in [0.29, 0.717) is 5.02 Å². The van der Waals surface area contributed by atoms with Crippen LogP contribution in [-0.2, 0) is 11.3 Å². The van der Waals surface area contributed by atoms with Crippen molar-refractivity contribution in [1.29, 1.82) is 0 Å². The molecule has 0 spiro atoms. The van der Waals surface area contributed by atoms with Crippen LogP contribution >= 0.6 is 22.9 Å². The number of hydrogen-bond donors (Lipinski definition) is 1. The molecule has 0 bridgehead atoms. The number of nitrogens with one attached hydrogen (secondary N) is 1. The summed E-state index contributed by atoms with van der Waals surface area (Å²) in [6.07, 6.45) is 0. The first-order valence-corrected chi connectivity index (χ1v) is 7.61. The predicted molar refractivity (Wildman–Crippen MR) is 85.3 cm³/mol. The number of thiophene rings is 1. The summed E-state index contributed by atoms with van der Waals surface area (Å²) < 4.78 is 0. The zero-order valence-corrected chi connectivity index (χ0v) is 13.0. The van der Waals surface area contributed by atoms with Crippen LogP contribution < -0.4 is 5.32 Å². The van der Waals surface area contributed by atoms with E-state index in [2.05, 4.69) is 11.4 Å². The molecule has 106 valence electrons. The van der Waals surface area contributed by atoms with Gasteiger partial charge in [0.25, 0.3) is 0 Å². The van der Waals surface area contributed by atoms with E-state index >= 15 is 0 Å². The molecule has 0 aliphatic carbocycles. The van der Waals surface area contributed by atoms with Crippen LogP contribution in [0.3, 0.4) is 0 Å². The second kappa shape index (κ2) is 6.88. The van der Waals surface area contributed by atoms with E-state index < -0.39 is 0 Å². The van der Waals surface area contributed by atoms with E-state index in [0.717, 1.165) is 12.2 Å². The van der Waals surface area contributed by atoms with Gasteiger partial charge in [-0.05, 0) is 43.6 Å². The third-order valence-electron chi connectivity index (χ3n) is 3.12. The Labute approximate surface area is 128 Å². The molecule has 0 saturated heterocycles. The number of likely N-dealkylation sites (N-methyl/N-ethyl adjacent to an activating group) is 1. The summed E-state index contributed by atoms with van der Waals surface area (Å²) in [4.78, 5) is 15.5. The molecule has 1 heterocycles. The highest BCUT2D eigenvalue weighted by atomic mass is 35.5. The molecular formula is C15H17ClN2OS. The van der Waals surface area contributed by atoms with Crippen molar-refractivity contribution in [1.82, 2.24) is 4.90 Å². The highest BCUT2D eigenvalue weighted by Crippen LogP contribution is 2.16. The Morgan fingerprint density at radius 1 is 1.40 bits per heavy atom. The topological polar surface area (TPSA) is 32.3 Å². The largest absolute Gasteiger partial charge is 0.325 e. The van der Waals surface area contributed by atoms with Crippen molar-refractivity contribution in [3.8, 4) is 0 Å². The first-order valence-electron chi connectivity index (χ1n) is 6.35. The molecule has 1 aromatic carbocycles. The Kier molecular flexibility index (Phi) is 5.17. The van der Waals surface area contributed by atoms with E-state index in [1.54, 1.807) is 23.5 Å². The van der Waals surface area contributed by atoms with E-state index in [1.807, 2.05) is 42.5 Å². The highest BCUT2D eigenvalue weighted by Gasteiger charge is 2.18. The fraction of sp³-hybridized carbons (Fsp3) is 0.267. The van der Waals surface area contributed by atoms with Crippen LogP contribution in [0.5, 0.6) is 0 Å². The van der Waals surface area contributed by atoms with Crippen LogP contribution in [-0.4, -0.2) is 23.9 Å². The highest BCUT2D eigenvalue weighted by molar-refractivity contribution is 7.09. The molecule has 5 heteroatoms. The van der Waals surface area contributed by atoms with Crippen molar-refractivity contribution < 1.29 is 4.79 Å². The lowest BCUT2D eigenvalue weighted by Crippen LogP contribution is -2.39. The molecule has 3 nitrogen and oxygen atoms in total. The molecule has 0 unspecified atom stereocenters. The minimum absolute atomic E-state index is 0.0358. The van der Waals surface area contributed by atoms with Crippen LogP contribution in [0.1, 0.15) is 11.8 Å². The smallest absolute Gasteiger partial charge is 0.241 e.